The minimum Gasteiger partial charge on any atom is -0.495 e. The van der Waals surface area contributed by atoms with Gasteiger partial charge in [-0.15, -0.1) is 0 Å². The van der Waals surface area contributed by atoms with Gasteiger partial charge in [0.15, 0.2) is 0 Å². The third kappa shape index (κ3) is 3.35. The van der Waals surface area contributed by atoms with Crippen molar-refractivity contribution in [3.05, 3.63) is 24.3 Å². The Morgan fingerprint density at radius 2 is 2.00 bits per heavy atom. The molecule has 5 heteroatoms. The third-order valence-corrected chi connectivity index (χ3v) is 5.74. The number of piperazine rings is 1. The van der Waals surface area contributed by atoms with Crippen molar-refractivity contribution in [3.63, 3.8) is 0 Å². The van der Waals surface area contributed by atoms with E-state index in [1.807, 2.05) is 30.0 Å². The highest BCUT2D eigenvalue weighted by atomic mass is 32.2. The van der Waals surface area contributed by atoms with E-state index in [9.17, 15) is 4.79 Å². The smallest absolute Gasteiger partial charge is 0.226 e. The summed E-state index contributed by atoms with van der Waals surface area (Å²) in [5.41, 5.74) is 1.13. The monoisotopic (exact) mass is 320 g/mol. The van der Waals surface area contributed by atoms with Crippen LogP contribution in [0.3, 0.4) is 0 Å². The topological polar surface area (TPSA) is 32.8 Å². The highest BCUT2D eigenvalue weighted by Crippen LogP contribution is 2.29. The predicted molar refractivity (Wildman–Crippen MR) is 91.8 cm³/mol. The van der Waals surface area contributed by atoms with Gasteiger partial charge in [0.1, 0.15) is 5.75 Å². The molecule has 0 spiro atoms. The maximum absolute atomic E-state index is 12.6. The first-order valence-corrected chi connectivity index (χ1v) is 9.19. The number of rotatable bonds is 3. The molecule has 0 saturated carbocycles. The van der Waals surface area contributed by atoms with Gasteiger partial charge in [-0.25, -0.2) is 0 Å². The van der Waals surface area contributed by atoms with Crippen molar-refractivity contribution in [2.24, 2.45) is 5.92 Å². The van der Waals surface area contributed by atoms with Gasteiger partial charge >= 0.3 is 0 Å². The lowest BCUT2D eigenvalue weighted by Gasteiger charge is -2.38. The Kier molecular flexibility index (Phi) is 5.13. The Bertz CT molecular complexity index is 509. The van der Waals surface area contributed by atoms with E-state index >= 15 is 0 Å². The van der Waals surface area contributed by atoms with Gasteiger partial charge in [0.2, 0.25) is 5.91 Å². The zero-order valence-corrected chi connectivity index (χ0v) is 14.0. The fourth-order valence-electron chi connectivity index (χ4n) is 3.25. The maximum atomic E-state index is 12.6. The van der Waals surface area contributed by atoms with Crippen LogP contribution in [-0.4, -0.2) is 55.6 Å². The van der Waals surface area contributed by atoms with E-state index < -0.39 is 0 Å². The summed E-state index contributed by atoms with van der Waals surface area (Å²) in [6, 6.07) is 8.11. The lowest BCUT2D eigenvalue weighted by molar-refractivity contribution is -0.135. The molecule has 0 bridgehead atoms. The maximum Gasteiger partial charge on any atom is 0.226 e. The number of nitrogens with zero attached hydrogens (tertiary/aromatic N) is 2. The lowest BCUT2D eigenvalue weighted by Crippen LogP contribution is -2.51. The van der Waals surface area contributed by atoms with E-state index in [0.717, 1.165) is 49.8 Å². The summed E-state index contributed by atoms with van der Waals surface area (Å²) in [4.78, 5) is 17.0. The minimum atomic E-state index is 0.247. The highest BCUT2D eigenvalue weighted by molar-refractivity contribution is 7.99. The van der Waals surface area contributed by atoms with E-state index in [2.05, 4.69) is 15.9 Å². The third-order valence-electron chi connectivity index (χ3n) is 4.53. The fourth-order valence-corrected chi connectivity index (χ4v) is 4.38. The van der Waals surface area contributed by atoms with E-state index in [1.165, 1.54) is 12.2 Å². The molecule has 1 unspecified atom stereocenters. The number of para-hydroxylation sites is 2. The molecule has 2 saturated heterocycles. The molecule has 0 N–H and O–H groups in total. The molecule has 1 amide bonds. The second kappa shape index (κ2) is 7.27. The van der Waals surface area contributed by atoms with Gasteiger partial charge in [-0.1, -0.05) is 12.1 Å². The second-order valence-corrected chi connectivity index (χ2v) is 7.05. The number of carbonyl (C=O) groups excluding carboxylic acids is 1. The molecule has 0 aromatic heterocycles. The first kappa shape index (κ1) is 15.5. The van der Waals surface area contributed by atoms with Crippen LogP contribution in [0.15, 0.2) is 24.3 Å². The van der Waals surface area contributed by atoms with E-state index in [0.29, 0.717) is 5.91 Å². The van der Waals surface area contributed by atoms with Gasteiger partial charge in [-0.3, -0.25) is 4.79 Å². The number of ether oxygens (including phenoxy) is 1. The molecule has 2 aliphatic rings. The van der Waals surface area contributed by atoms with Crippen molar-refractivity contribution >= 4 is 23.4 Å². The number of hydrogen-bond acceptors (Lipinski definition) is 4. The molecule has 1 aromatic rings. The molecule has 1 aromatic carbocycles. The first-order valence-electron chi connectivity index (χ1n) is 8.04. The average molecular weight is 320 g/mol. The summed E-state index contributed by atoms with van der Waals surface area (Å²) in [5, 5.41) is 0. The summed E-state index contributed by atoms with van der Waals surface area (Å²) in [6.07, 6.45) is 2.25. The molecule has 0 aliphatic carbocycles. The van der Waals surface area contributed by atoms with E-state index in [-0.39, 0.29) is 5.92 Å². The van der Waals surface area contributed by atoms with Gasteiger partial charge in [0, 0.05) is 37.8 Å². The molecular weight excluding hydrogens is 296 g/mol. The van der Waals surface area contributed by atoms with Gasteiger partial charge in [-0.05, 0) is 30.7 Å². The standard InChI is InChI=1S/C17H24N2O2S/c1-21-16-7-3-2-6-15(16)18-8-10-19(11-9-18)17(20)14-5-4-12-22-13-14/h2-3,6-7,14H,4-5,8-13H2,1H3. The van der Waals surface area contributed by atoms with Crippen LogP contribution in [-0.2, 0) is 4.79 Å². The SMILES string of the molecule is COc1ccccc1N1CCN(C(=O)C2CCCSC2)CC1. The summed E-state index contributed by atoms with van der Waals surface area (Å²) >= 11 is 1.92. The summed E-state index contributed by atoms with van der Waals surface area (Å²) in [6.45, 7) is 3.40. The molecule has 2 aliphatic heterocycles. The molecule has 0 radical (unpaired) electrons. The number of anilines is 1. The fraction of sp³-hybridized carbons (Fsp3) is 0.588. The lowest BCUT2D eigenvalue weighted by atomic mass is 10.0. The minimum absolute atomic E-state index is 0.247. The average Bonchev–Trinajstić information content (AvgIpc) is 2.62. The summed E-state index contributed by atoms with van der Waals surface area (Å²) < 4.78 is 5.44. The molecule has 3 rings (SSSR count). The number of amides is 1. The number of carbonyl (C=O) groups is 1. The van der Waals surface area contributed by atoms with Gasteiger partial charge in [0.05, 0.1) is 12.8 Å². The van der Waals surface area contributed by atoms with Crippen LogP contribution in [0.25, 0.3) is 0 Å². The molecule has 4 nitrogen and oxygen atoms in total. The molecule has 22 heavy (non-hydrogen) atoms. The van der Waals surface area contributed by atoms with Crippen LogP contribution < -0.4 is 9.64 Å². The molecule has 1 atom stereocenters. The Labute approximate surface area is 136 Å². The quantitative estimate of drug-likeness (QED) is 0.857. The normalized spacial score (nSPS) is 22.5. The zero-order chi connectivity index (χ0) is 15.4. The molecule has 120 valence electrons. The zero-order valence-electron chi connectivity index (χ0n) is 13.2. The predicted octanol–water partition coefficient (Wildman–Crippen LogP) is 2.49. The van der Waals surface area contributed by atoms with Crippen LogP contribution in [0.5, 0.6) is 5.75 Å². The Hall–Kier alpha value is -1.36. The van der Waals surface area contributed by atoms with Crippen LogP contribution in [0.1, 0.15) is 12.8 Å². The van der Waals surface area contributed by atoms with Crippen LogP contribution in [0, 0.1) is 5.92 Å². The molecule has 2 fully saturated rings. The van der Waals surface area contributed by atoms with Crippen LogP contribution >= 0.6 is 11.8 Å². The Balaban J connectivity index is 1.59. The molecular formula is C17H24N2O2S. The molecule has 2 heterocycles. The summed E-state index contributed by atoms with van der Waals surface area (Å²) in [5.74, 6) is 3.74. The largest absolute Gasteiger partial charge is 0.495 e. The van der Waals surface area contributed by atoms with Crippen molar-refractivity contribution in [2.75, 3.05) is 49.7 Å². The van der Waals surface area contributed by atoms with Crippen LogP contribution in [0.4, 0.5) is 5.69 Å². The van der Waals surface area contributed by atoms with E-state index in [4.69, 9.17) is 4.74 Å². The number of benzene rings is 1. The Morgan fingerprint density at radius 1 is 1.23 bits per heavy atom. The number of hydrogen-bond donors (Lipinski definition) is 0. The number of thioether (sulfide) groups is 1. The van der Waals surface area contributed by atoms with Crippen molar-refractivity contribution in [3.8, 4) is 5.75 Å². The van der Waals surface area contributed by atoms with Crippen molar-refractivity contribution in [1.82, 2.24) is 4.90 Å². The van der Waals surface area contributed by atoms with Gasteiger partial charge in [-0.2, -0.15) is 11.8 Å². The van der Waals surface area contributed by atoms with Crippen LogP contribution in [0.2, 0.25) is 0 Å². The van der Waals surface area contributed by atoms with Gasteiger partial charge < -0.3 is 14.5 Å². The van der Waals surface area contributed by atoms with Crippen molar-refractivity contribution in [1.29, 1.82) is 0 Å². The van der Waals surface area contributed by atoms with Crippen molar-refractivity contribution < 1.29 is 9.53 Å². The second-order valence-electron chi connectivity index (χ2n) is 5.90. The van der Waals surface area contributed by atoms with Crippen molar-refractivity contribution in [2.45, 2.75) is 12.8 Å². The van der Waals surface area contributed by atoms with Gasteiger partial charge in [0.25, 0.3) is 0 Å². The Morgan fingerprint density at radius 3 is 2.68 bits per heavy atom. The summed E-state index contributed by atoms with van der Waals surface area (Å²) in [7, 11) is 1.71. The number of methoxy groups -OCH3 is 1. The highest BCUT2D eigenvalue weighted by Gasteiger charge is 2.29. The first-order chi connectivity index (χ1) is 10.8. The van der Waals surface area contributed by atoms with E-state index in [1.54, 1.807) is 7.11 Å².